The summed E-state index contributed by atoms with van der Waals surface area (Å²) in [6, 6.07) is 0. The number of unbranched alkanes of at least 4 members (excludes halogenated alkanes) is 13. The molecule has 0 aliphatic carbocycles. The number of halogens is 2. The zero-order valence-electron chi connectivity index (χ0n) is 31.1. The minimum atomic E-state index is -5.19. The molecule has 1 aromatic heterocycles. The molecule has 2 rings (SSSR count). The van der Waals surface area contributed by atoms with Gasteiger partial charge in [-0.1, -0.05) is 115 Å². The average Bonchev–Trinajstić information content (AvgIpc) is 3.45. The number of aromatic amines is 1. The predicted molar refractivity (Wildman–Crippen MR) is 204 cm³/mol. The Hall–Kier alpha value is -0.570. The molecule has 52 heavy (non-hydrogen) atoms. The maximum atomic E-state index is 14.6. The fourth-order valence-electron chi connectivity index (χ4n) is 5.87. The number of hydrogen-bond donors (Lipinski definition) is 3. The van der Waals surface area contributed by atoms with E-state index in [1.807, 2.05) is 16.7 Å². The van der Waals surface area contributed by atoms with E-state index < -0.39 is 52.0 Å². The summed E-state index contributed by atoms with van der Waals surface area (Å²) in [5, 5.41) is 0.0156. The van der Waals surface area contributed by atoms with Crippen molar-refractivity contribution in [3.63, 3.8) is 0 Å². The summed E-state index contributed by atoms with van der Waals surface area (Å²) in [4.78, 5) is 45.5. The first-order valence-electron chi connectivity index (χ1n) is 19.0. The van der Waals surface area contributed by atoms with Gasteiger partial charge in [-0.05, 0) is 31.9 Å². The van der Waals surface area contributed by atoms with Crippen molar-refractivity contribution in [2.24, 2.45) is 0 Å². The number of phosphoric ester groups is 2. The Balaban J connectivity index is 1.70. The normalized spacial score (nSPS) is 21.2. The van der Waals surface area contributed by atoms with Crippen LogP contribution in [0.5, 0.6) is 0 Å². The van der Waals surface area contributed by atoms with Crippen LogP contribution in [0.4, 0.5) is 4.39 Å². The van der Waals surface area contributed by atoms with Crippen LogP contribution < -0.4 is 11.2 Å². The van der Waals surface area contributed by atoms with Crippen LogP contribution in [0, 0.1) is 0 Å². The van der Waals surface area contributed by atoms with Gasteiger partial charge in [0.1, 0.15) is 23.5 Å². The van der Waals surface area contributed by atoms with E-state index in [1.165, 1.54) is 89.9 Å². The third-order valence-corrected chi connectivity index (χ3v) is 13.4. The van der Waals surface area contributed by atoms with Crippen molar-refractivity contribution >= 4 is 39.0 Å². The molecule has 0 saturated carbocycles. The summed E-state index contributed by atoms with van der Waals surface area (Å²) in [6.07, 6.45) is 16.6. The highest BCUT2D eigenvalue weighted by atomic mass is 35.5. The molecular weight excluding hydrogens is 761 g/mol. The summed E-state index contributed by atoms with van der Waals surface area (Å²) in [7, 11) is -10.2. The highest BCUT2D eigenvalue weighted by Crippen LogP contribution is 2.60. The maximum Gasteiger partial charge on any atom is 0.481 e. The van der Waals surface area contributed by atoms with E-state index in [0.717, 1.165) is 29.4 Å². The van der Waals surface area contributed by atoms with Crippen LogP contribution in [0.25, 0.3) is 0 Å². The highest BCUT2D eigenvalue weighted by molar-refractivity contribution is 7.99. The van der Waals surface area contributed by atoms with Gasteiger partial charge in [0.05, 0.1) is 19.3 Å². The molecular formula is C34H62ClFN2O11P2S. The minimum Gasteiger partial charge on any atom is -0.377 e. The molecule has 4 unspecified atom stereocenters. The molecule has 0 amide bonds. The zero-order valence-corrected chi connectivity index (χ0v) is 34.5. The van der Waals surface area contributed by atoms with E-state index in [1.54, 1.807) is 0 Å². The van der Waals surface area contributed by atoms with Gasteiger partial charge < -0.3 is 19.3 Å². The lowest BCUT2D eigenvalue weighted by Gasteiger charge is -2.24. The lowest BCUT2D eigenvalue weighted by Crippen LogP contribution is -2.32. The van der Waals surface area contributed by atoms with Crippen LogP contribution in [-0.2, 0) is 32.0 Å². The van der Waals surface area contributed by atoms with Gasteiger partial charge in [0.2, 0.25) is 0 Å². The molecule has 0 bridgehead atoms. The molecule has 3 N–H and O–H groups in total. The van der Waals surface area contributed by atoms with Crippen molar-refractivity contribution < 1.29 is 46.1 Å². The lowest BCUT2D eigenvalue weighted by molar-refractivity contribution is -0.0351. The second-order valence-corrected chi connectivity index (χ2v) is 18.2. The Morgan fingerprint density at radius 1 is 0.923 bits per heavy atom. The van der Waals surface area contributed by atoms with E-state index in [4.69, 9.17) is 30.1 Å². The van der Waals surface area contributed by atoms with Crippen LogP contribution >= 0.6 is 39.0 Å². The molecule has 1 aromatic rings. The highest BCUT2D eigenvalue weighted by Gasteiger charge is 2.41. The first-order valence-corrected chi connectivity index (χ1v) is 23.4. The van der Waals surface area contributed by atoms with E-state index >= 15 is 0 Å². The molecule has 0 aromatic carbocycles. The molecule has 7 atom stereocenters. The van der Waals surface area contributed by atoms with Crippen molar-refractivity contribution in [3.05, 3.63) is 32.1 Å². The van der Waals surface area contributed by atoms with Crippen molar-refractivity contribution in [1.82, 2.24) is 9.55 Å². The van der Waals surface area contributed by atoms with Gasteiger partial charge in [-0.25, -0.2) is 18.3 Å². The topological polar surface area (TPSA) is 176 Å². The Kier molecular flexibility index (Phi) is 24.1. The first-order chi connectivity index (χ1) is 24.8. The number of H-pyrrole nitrogens is 1. The van der Waals surface area contributed by atoms with Crippen molar-refractivity contribution in [2.75, 3.05) is 25.6 Å². The van der Waals surface area contributed by atoms with E-state index in [-0.39, 0.29) is 37.2 Å². The van der Waals surface area contributed by atoms with Crippen molar-refractivity contribution in [3.8, 4) is 0 Å². The minimum absolute atomic E-state index is 0.0286. The molecule has 1 saturated heterocycles. The van der Waals surface area contributed by atoms with Crippen LogP contribution in [0.2, 0.25) is 5.02 Å². The van der Waals surface area contributed by atoms with Gasteiger partial charge >= 0.3 is 21.3 Å². The molecule has 2 heterocycles. The number of phosphoric acid groups is 2. The molecule has 304 valence electrons. The summed E-state index contributed by atoms with van der Waals surface area (Å²) >= 11 is 7.70. The van der Waals surface area contributed by atoms with Crippen molar-refractivity contribution in [2.45, 2.75) is 166 Å². The Labute approximate surface area is 317 Å². The van der Waals surface area contributed by atoms with Gasteiger partial charge in [0, 0.05) is 24.5 Å². The van der Waals surface area contributed by atoms with E-state index in [2.05, 4.69) is 25.1 Å². The van der Waals surface area contributed by atoms with E-state index in [0.29, 0.717) is 5.25 Å². The molecule has 0 spiro atoms. The molecule has 18 heteroatoms. The Bertz CT molecular complexity index is 1340. The van der Waals surface area contributed by atoms with Crippen molar-refractivity contribution in [1.29, 1.82) is 0 Å². The van der Waals surface area contributed by atoms with Gasteiger partial charge in [-0.3, -0.25) is 23.4 Å². The number of nitrogens with one attached hydrogen (secondary N) is 1. The Morgan fingerprint density at radius 3 is 2.13 bits per heavy atom. The lowest BCUT2D eigenvalue weighted by atomic mass is 10.1. The van der Waals surface area contributed by atoms with Gasteiger partial charge in [0.15, 0.2) is 0 Å². The first kappa shape index (κ1) is 47.6. The third kappa shape index (κ3) is 19.8. The fourth-order valence-corrected chi connectivity index (χ4v) is 9.50. The number of thioether (sulfide) groups is 1. The maximum absolute atomic E-state index is 14.6. The van der Waals surface area contributed by atoms with Gasteiger partial charge in [0.25, 0.3) is 5.56 Å². The second kappa shape index (κ2) is 26.3. The largest absolute Gasteiger partial charge is 0.481 e. The summed E-state index contributed by atoms with van der Waals surface area (Å²) in [6.45, 7) is 5.61. The molecule has 1 fully saturated rings. The fraction of sp³-hybridized carbons (Fsp3) is 0.882. The number of hydrogen-bond acceptors (Lipinski definition) is 10. The Morgan fingerprint density at radius 2 is 1.50 bits per heavy atom. The predicted octanol–water partition coefficient (Wildman–Crippen LogP) is 9.24. The number of ether oxygens (including phenoxy) is 2. The monoisotopic (exact) mass is 822 g/mol. The third-order valence-electron chi connectivity index (χ3n) is 8.87. The summed E-state index contributed by atoms with van der Waals surface area (Å²) in [5.41, 5.74) is -1.71. The zero-order chi connectivity index (χ0) is 38.4. The number of alkyl halides is 1. The molecule has 13 nitrogen and oxygen atoms in total. The summed E-state index contributed by atoms with van der Waals surface area (Å²) in [5.74, 6) is 1.09. The van der Waals surface area contributed by atoms with E-state index in [9.17, 15) is 32.9 Å². The van der Waals surface area contributed by atoms with Crippen LogP contribution in [0.15, 0.2) is 15.8 Å². The molecule has 1 aliphatic rings. The van der Waals surface area contributed by atoms with Gasteiger partial charge in [-0.2, -0.15) is 16.1 Å². The number of aromatic nitrogens is 2. The average molecular weight is 823 g/mol. The number of rotatable bonds is 31. The molecule has 0 radical (unpaired) electrons. The van der Waals surface area contributed by atoms with Crippen LogP contribution in [-0.4, -0.2) is 68.5 Å². The smallest absolute Gasteiger partial charge is 0.377 e. The summed E-state index contributed by atoms with van der Waals surface area (Å²) < 4.78 is 65.6. The van der Waals surface area contributed by atoms with Gasteiger partial charge in [-0.15, -0.1) is 0 Å². The SMILES string of the molecule is CCCCCCCCCCCCSC(CCCCCCC)C(C)OCCCOP(=O)(O)OP(=O)(O)OC[C@H]1O[C@@H](n2cc(Cl)c(=O)[nH]c2=O)C[C@@H]1F. The molecule has 1 aliphatic heterocycles. The quantitative estimate of drug-likeness (QED) is 0.0479. The standard InChI is InChI=1S/C34H62ClFN2O11P2S/c1-4-6-8-10-11-12-13-14-16-18-23-52-31(20-17-15-9-7-5-2)27(3)45-21-19-22-46-50(41,42)49-51(43,44)47-26-30-29(36)24-32(48-30)38-25-28(35)33(39)37-34(38)40/h25,27,29-32H,4-24,26H2,1-3H3,(H,41,42)(H,43,44)(H,37,39,40)/t27?,29-,30+,31?,32+/m0/s1. The number of nitrogens with zero attached hydrogens (tertiary/aromatic N) is 1. The second-order valence-electron chi connectivity index (χ2n) is 13.4. The van der Waals surface area contributed by atoms with Crippen LogP contribution in [0.3, 0.4) is 0 Å². The van der Waals surface area contributed by atoms with Crippen LogP contribution in [0.1, 0.15) is 143 Å².